The highest BCUT2D eigenvalue weighted by molar-refractivity contribution is 7.11. The fraction of sp³-hybridized carbons (Fsp3) is 0.333. The average Bonchev–Trinajstić information content (AvgIpc) is 3.08. The number of hydrogen-bond donors (Lipinski definition) is 2. The fourth-order valence-corrected chi connectivity index (χ4v) is 2.40. The maximum atomic E-state index is 12.1. The summed E-state index contributed by atoms with van der Waals surface area (Å²) in [6, 6.07) is -0.769. The zero-order chi connectivity index (χ0) is 14.5. The molecule has 0 aliphatic heterocycles. The van der Waals surface area contributed by atoms with Crippen LogP contribution in [0.4, 0.5) is 0 Å². The van der Waals surface area contributed by atoms with Gasteiger partial charge in [-0.25, -0.2) is 14.8 Å². The van der Waals surface area contributed by atoms with Crippen LogP contribution in [0.1, 0.15) is 21.1 Å². The van der Waals surface area contributed by atoms with Crippen LogP contribution in [0, 0.1) is 6.92 Å². The van der Waals surface area contributed by atoms with E-state index in [2.05, 4.69) is 20.3 Å². The van der Waals surface area contributed by atoms with E-state index in [9.17, 15) is 9.59 Å². The summed E-state index contributed by atoms with van der Waals surface area (Å²) in [5, 5.41) is 2.66. The third-order valence-corrected chi connectivity index (χ3v) is 3.65. The van der Waals surface area contributed by atoms with Gasteiger partial charge in [-0.05, 0) is 6.92 Å². The van der Waals surface area contributed by atoms with E-state index in [1.807, 2.05) is 0 Å². The summed E-state index contributed by atoms with van der Waals surface area (Å²) in [6.07, 6.45) is 3.40. The van der Waals surface area contributed by atoms with Gasteiger partial charge in [0.1, 0.15) is 10.9 Å². The van der Waals surface area contributed by atoms with E-state index in [0.717, 1.165) is 5.69 Å². The molecule has 20 heavy (non-hydrogen) atoms. The second-order valence-electron chi connectivity index (χ2n) is 4.10. The van der Waals surface area contributed by atoms with Gasteiger partial charge in [0.25, 0.3) is 5.91 Å². The molecule has 0 aromatic carbocycles. The molecule has 106 valence electrons. The molecule has 2 N–H and O–H groups in total. The lowest BCUT2D eigenvalue weighted by molar-refractivity contribution is -0.142. The number of thiazole rings is 1. The molecule has 0 unspecified atom stereocenters. The number of methoxy groups -OCH3 is 1. The molecule has 2 heterocycles. The number of imidazole rings is 1. The van der Waals surface area contributed by atoms with E-state index < -0.39 is 12.0 Å². The fourth-order valence-electron chi connectivity index (χ4n) is 1.70. The lowest BCUT2D eigenvalue weighted by atomic mass is 10.1. The maximum Gasteiger partial charge on any atom is 0.328 e. The van der Waals surface area contributed by atoms with Crippen molar-refractivity contribution in [2.75, 3.05) is 7.11 Å². The molecule has 1 atom stereocenters. The summed E-state index contributed by atoms with van der Waals surface area (Å²) in [6.45, 7) is 1.74. The molecular formula is C12H14N4O3S. The zero-order valence-corrected chi connectivity index (χ0v) is 11.9. The van der Waals surface area contributed by atoms with Gasteiger partial charge in [-0.2, -0.15) is 0 Å². The molecule has 7 nitrogen and oxygen atoms in total. The van der Waals surface area contributed by atoms with Gasteiger partial charge in [-0.3, -0.25) is 4.79 Å². The van der Waals surface area contributed by atoms with Crippen LogP contribution in [0.3, 0.4) is 0 Å². The first kappa shape index (κ1) is 14.2. The number of ether oxygens (including phenoxy) is 1. The number of nitrogens with zero attached hydrogens (tertiary/aromatic N) is 2. The van der Waals surface area contributed by atoms with Gasteiger partial charge in [-0.1, -0.05) is 0 Å². The second-order valence-corrected chi connectivity index (χ2v) is 4.95. The Morgan fingerprint density at radius 2 is 2.35 bits per heavy atom. The number of nitrogens with one attached hydrogen (secondary N) is 2. The number of hydrogen-bond acceptors (Lipinski definition) is 6. The average molecular weight is 294 g/mol. The number of rotatable bonds is 5. The highest BCUT2D eigenvalue weighted by atomic mass is 32.1. The van der Waals surface area contributed by atoms with Crippen LogP contribution < -0.4 is 5.32 Å². The minimum atomic E-state index is -0.769. The third-order valence-electron chi connectivity index (χ3n) is 2.72. The molecule has 0 aliphatic carbocycles. The first-order chi connectivity index (χ1) is 9.61. The van der Waals surface area contributed by atoms with Crippen molar-refractivity contribution in [1.29, 1.82) is 0 Å². The van der Waals surface area contributed by atoms with Gasteiger partial charge in [-0.15, -0.1) is 11.3 Å². The van der Waals surface area contributed by atoms with E-state index in [-0.39, 0.29) is 12.3 Å². The van der Waals surface area contributed by atoms with Gasteiger partial charge >= 0.3 is 5.97 Å². The van der Waals surface area contributed by atoms with E-state index in [0.29, 0.717) is 10.6 Å². The Balaban J connectivity index is 2.10. The van der Waals surface area contributed by atoms with Gasteiger partial charge in [0.05, 0.1) is 24.6 Å². The van der Waals surface area contributed by atoms with Gasteiger partial charge in [0, 0.05) is 18.3 Å². The van der Waals surface area contributed by atoms with Crippen LogP contribution in [0.25, 0.3) is 0 Å². The Morgan fingerprint density at radius 3 is 2.90 bits per heavy atom. The monoisotopic (exact) mass is 294 g/mol. The molecule has 0 fully saturated rings. The molecule has 0 spiro atoms. The molecule has 2 rings (SSSR count). The molecule has 2 aromatic heterocycles. The van der Waals surface area contributed by atoms with Crippen molar-refractivity contribution in [3.63, 3.8) is 0 Å². The number of aromatic nitrogens is 3. The lowest BCUT2D eigenvalue weighted by Crippen LogP contribution is -2.43. The van der Waals surface area contributed by atoms with E-state index in [1.165, 1.54) is 24.8 Å². The topological polar surface area (TPSA) is 97.0 Å². The summed E-state index contributed by atoms with van der Waals surface area (Å²) in [5.74, 6) is -0.838. The first-order valence-corrected chi connectivity index (χ1v) is 6.75. The number of esters is 1. The van der Waals surface area contributed by atoms with Crippen LogP contribution in [0.2, 0.25) is 0 Å². The van der Waals surface area contributed by atoms with E-state index in [1.54, 1.807) is 18.6 Å². The SMILES string of the molecule is COC(=O)[C@H](Cc1cnc[nH]1)NC(=O)c1scnc1C. The van der Waals surface area contributed by atoms with E-state index in [4.69, 9.17) is 4.74 Å². The number of amides is 1. The van der Waals surface area contributed by atoms with Crippen LogP contribution in [0.15, 0.2) is 18.0 Å². The van der Waals surface area contributed by atoms with E-state index >= 15 is 0 Å². The van der Waals surface area contributed by atoms with Crippen molar-refractivity contribution in [3.05, 3.63) is 34.3 Å². The van der Waals surface area contributed by atoms with Crippen molar-refractivity contribution in [3.8, 4) is 0 Å². The summed E-state index contributed by atoms with van der Waals surface area (Å²) >= 11 is 1.23. The summed E-state index contributed by atoms with van der Waals surface area (Å²) in [5.41, 5.74) is 2.96. The quantitative estimate of drug-likeness (QED) is 0.791. The molecule has 1 amide bonds. The normalized spacial score (nSPS) is 11.9. The van der Waals surface area contributed by atoms with Crippen molar-refractivity contribution < 1.29 is 14.3 Å². The first-order valence-electron chi connectivity index (χ1n) is 5.88. The molecule has 0 bridgehead atoms. The van der Waals surface area contributed by atoms with Crippen LogP contribution >= 0.6 is 11.3 Å². The lowest BCUT2D eigenvalue weighted by Gasteiger charge is -2.15. The molecular weight excluding hydrogens is 280 g/mol. The Bertz CT molecular complexity index is 594. The molecule has 8 heteroatoms. The largest absolute Gasteiger partial charge is 0.467 e. The Hall–Kier alpha value is -2.22. The minimum absolute atomic E-state index is 0.288. The van der Waals surface area contributed by atoms with Crippen molar-refractivity contribution in [1.82, 2.24) is 20.3 Å². The number of aryl methyl sites for hydroxylation is 1. The van der Waals surface area contributed by atoms with Crippen LogP contribution in [-0.4, -0.2) is 40.0 Å². The molecule has 0 radical (unpaired) electrons. The Morgan fingerprint density at radius 1 is 1.55 bits per heavy atom. The van der Waals surface area contributed by atoms with Gasteiger partial charge in [0.2, 0.25) is 0 Å². The number of carbonyl (C=O) groups is 2. The molecule has 0 aliphatic rings. The highest BCUT2D eigenvalue weighted by Crippen LogP contribution is 2.12. The number of carbonyl (C=O) groups excluding carboxylic acids is 2. The predicted molar refractivity (Wildman–Crippen MR) is 72.4 cm³/mol. The van der Waals surface area contributed by atoms with Gasteiger partial charge < -0.3 is 15.0 Å². The predicted octanol–water partition coefficient (Wildman–Crippen LogP) is 0.689. The summed E-state index contributed by atoms with van der Waals surface area (Å²) < 4.78 is 4.71. The second kappa shape index (κ2) is 6.29. The molecule has 0 saturated carbocycles. The van der Waals surface area contributed by atoms with Crippen LogP contribution in [0.5, 0.6) is 0 Å². The van der Waals surface area contributed by atoms with Crippen molar-refractivity contribution in [2.45, 2.75) is 19.4 Å². The standard InChI is InChI=1S/C12H14N4O3S/c1-7-10(20-6-15-7)11(17)16-9(12(18)19-2)3-8-4-13-5-14-8/h4-6,9H,3H2,1-2H3,(H,13,14)(H,16,17)/t9-/m0/s1. The highest BCUT2D eigenvalue weighted by Gasteiger charge is 2.24. The number of H-pyrrole nitrogens is 1. The van der Waals surface area contributed by atoms with Gasteiger partial charge in [0.15, 0.2) is 0 Å². The summed E-state index contributed by atoms with van der Waals surface area (Å²) in [4.78, 5) is 35.1. The summed E-state index contributed by atoms with van der Waals surface area (Å²) in [7, 11) is 1.28. The molecule has 0 saturated heterocycles. The third kappa shape index (κ3) is 3.21. The minimum Gasteiger partial charge on any atom is -0.467 e. The number of aromatic amines is 1. The maximum absolute atomic E-state index is 12.1. The van der Waals surface area contributed by atoms with Crippen molar-refractivity contribution >= 4 is 23.2 Å². The zero-order valence-electron chi connectivity index (χ0n) is 11.0. The Labute approximate surface area is 119 Å². The smallest absolute Gasteiger partial charge is 0.328 e. The van der Waals surface area contributed by atoms with Crippen molar-refractivity contribution in [2.24, 2.45) is 0 Å². The molecule has 2 aromatic rings. The Kier molecular flexibility index (Phi) is 4.46. The van der Waals surface area contributed by atoms with Crippen LogP contribution in [-0.2, 0) is 16.0 Å².